The van der Waals surface area contributed by atoms with E-state index in [0.29, 0.717) is 5.56 Å². The highest BCUT2D eigenvalue weighted by molar-refractivity contribution is 7.91. The van der Waals surface area contributed by atoms with Crippen molar-refractivity contribution in [1.82, 2.24) is 9.62 Å². The van der Waals surface area contributed by atoms with Gasteiger partial charge in [0.25, 0.3) is 15.9 Å². The number of benzene rings is 1. The third-order valence-electron chi connectivity index (χ3n) is 2.90. The highest BCUT2D eigenvalue weighted by Gasteiger charge is 2.19. The molecule has 0 aliphatic rings. The van der Waals surface area contributed by atoms with Crippen LogP contribution in [0.1, 0.15) is 15.2 Å². The van der Waals surface area contributed by atoms with Gasteiger partial charge in [-0.2, -0.15) is 0 Å². The molecule has 2 rings (SSSR count). The Hall–Kier alpha value is -1.77. The van der Waals surface area contributed by atoms with E-state index in [1.807, 2.05) is 0 Å². The first-order valence-electron chi connectivity index (χ1n) is 6.35. The zero-order chi connectivity index (χ0) is 16.3. The highest BCUT2D eigenvalue weighted by atomic mass is 32.2. The molecule has 1 N–H and O–H groups in total. The molecule has 1 aromatic carbocycles. The van der Waals surface area contributed by atoms with Crippen LogP contribution in [0.3, 0.4) is 0 Å². The Bertz CT molecular complexity index is 768. The molecule has 1 amide bonds. The van der Waals surface area contributed by atoms with E-state index in [-0.39, 0.29) is 16.7 Å². The largest absolute Gasteiger partial charge is 0.347 e. The summed E-state index contributed by atoms with van der Waals surface area (Å²) in [5.41, 5.74) is 0.346. The SMILES string of the molecule is CN(C)S(=O)(=O)c1ccc(CNC(=O)c2ccc(F)cc2)s1. The molecule has 0 aliphatic carbocycles. The van der Waals surface area contributed by atoms with Gasteiger partial charge in [-0.3, -0.25) is 4.79 Å². The molecule has 0 saturated heterocycles. The topological polar surface area (TPSA) is 66.5 Å². The molecule has 22 heavy (non-hydrogen) atoms. The maximum absolute atomic E-state index is 12.8. The van der Waals surface area contributed by atoms with Gasteiger partial charge in [0.1, 0.15) is 10.0 Å². The molecule has 0 fully saturated rings. The summed E-state index contributed by atoms with van der Waals surface area (Å²) in [7, 11) is -0.527. The molecular formula is C14H15FN2O3S2. The smallest absolute Gasteiger partial charge is 0.252 e. The summed E-state index contributed by atoms with van der Waals surface area (Å²) in [4.78, 5) is 12.6. The second-order valence-electron chi connectivity index (χ2n) is 4.70. The van der Waals surface area contributed by atoms with E-state index >= 15 is 0 Å². The van der Waals surface area contributed by atoms with E-state index in [1.165, 1.54) is 44.4 Å². The maximum Gasteiger partial charge on any atom is 0.252 e. The van der Waals surface area contributed by atoms with Gasteiger partial charge in [0, 0.05) is 24.5 Å². The Kier molecular flexibility index (Phi) is 4.94. The first kappa shape index (κ1) is 16.6. The molecule has 2 aromatic rings. The second-order valence-corrected chi connectivity index (χ2v) is 8.24. The second kappa shape index (κ2) is 6.55. The fourth-order valence-electron chi connectivity index (χ4n) is 1.64. The first-order chi connectivity index (χ1) is 10.3. The third-order valence-corrected chi connectivity index (χ3v) is 6.27. The highest BCUT2D eigenvalue weighted by Crippen LogP contribution is 2.23. The van der Waals surface area contributed by atoms with Gasteiger partial charge >= 0.3 is 0 Å². The molecule has 1 aromatic heterocycles. The van der Waals surface area contributed by atoms with Crippen LogP contribution < -0.4 is 5.32 Å². The normalized spacial score (nSPS) is 11.6. The zero-order valence-corrected chi connectivity index (χ0v) is 13.7. The standard InChI is InChI=1S/C14H15FN2O3S2/c1-17(2)22(19,20)13-8-7-12(21-13)9-16-14(18)10-3-5-11(15)6-4-10/h3-8H,9H2,1-2H3,(H,16,18). The zero-order valence-electron chi connectivity index (χ0n) is 12.0. The van der Waals surface area contributed by atoms with Gasteiger partial charge < -0.3 is 5.32 Å². The van der Waals surface area contributed by atoms with Crippen molar-refractivity contribution in [3.8, 4) is 0 Å². The summed E-state index contributed by atoms with van der Waals surface area (Å²) >= 11 is 1.10. The summed E-state index contributed by atoms with van der Waals surface area (Å²) in [6, 6.07) is 8.37. The van der Waals surface area contributed by atoms with Crippen molar-refractivity contribution in [3.63, 3.8) is 0 Å². The van der Waals surface area contributed by atoms with Crippen LogP contribution in [0.5, 0.6) is 0 Å². The number of sulfonamides is 1. The lowest BCUT2D eigenvalue weighted by atomic mass is 10.2. The lowest BCUT2D eigenvalue weighted by Crippen LogP contribution is -2.22. The van der Waals surface area contributed by atoms with Gasteiger partial charge in [-0.15, -0.1) is 11.3 Å². The fourth-order valence-corrected chi connectivity index (χ4v) is 4.11. The molecule has 5 nitrogen and oxygen atoms in total. The monoisotopic (exact) mass is 342 g/mol. The lowest BCUT2D eigenvalue weighted by Gasteiger charge is -2.08. The van der Waals surface area contributed by atoms with Gasteiger partial charge in [-0.05, 0) is 36.4 Å². The van der Waals surface area contributed by atoms with Crippen molar-refractivity contribution in [2.45, 2.75) is 10.8 Å². The molecule has 0 radical (unpaired) electrons. The van der Waals surface area contributed by atoms with Crippen LogP contribution in [0.2, 0.25) is 0 Å². The van der Waals surface area contributed by atoms with E-state index in [0.717, 1.165) is 20.5 Å². The Morgan fingerprint density at radius 3 is 2.41 bits per heavy atom. The number of rotatable bonds is 5. The van der Waals surface area contributed by atoms with Crippen molar-refractivity contribution in [2.75, 3.05) is 14.1 Å². The Labute approximate surface area is 132 Å². The van der Waals surface area contributed by atoms with Crippen LogP contribution in [0.4, 0.5) is 4.39 Å². The minimum absolute atomic E-state index is 0.212. The lowest BCUT2D eigenvalue weighted by molar-refractivity contribution is 0.0951. The molecule has 0 unspecified atom stereocenters. The number of nitrogens with zero attached hydrogens (tertiary/aromatic N) is 1. The molecule has 8 heteroatoms. The van der Waals surface area contributed by atoms with E-state index in [1.54, 1.807) is 6.07 Å². The number of hydrogen-bond donors (Lipinski definition) is 1. The first-order valence-corrected chi connectivity index (χ1v) is 8.61. The maximum atomic E-state index is 12.8. The fraction of sp³-hybridized carbons (Fsp3) is 0.214. The minimum atomic E-state index is -3.45. The van der Waals surface area contributed by atoms with Crippen LogP contribution in [0, 0.1) is 5.82 Å². The number of hydrogen-bond acceptors (Lipinski definition) is 4. The van der Waals surface area contributed by atoms with Crippen LogP contribution in [0.25, 0.3) is 0 Å². The number of halogens is 1. The molecule has 0 bridgehead atoms. The number of nitrogens with one attached hydrogen (secondary N) is 1. The van der Waals surface area contributed by atoms with Crippen molar-refractivity contribution in [3.05, 3.63) is 52.7 Å². The van der Waals surface area contributed by atoms with E-state index < -0.39 is 15.8 Å². The van der Waals surface area contributed by atoms with Crippen LogP contribution in [0.15, 0.2) is 40.6 Å². The molecule has 0 atom stereocenters. The molecule has 0 spiro atoms. The number of amides is 1. The Morgan fingerprint density at radius 2 is 1.82 bits per heavy atom. The van der Waals surface area contributed by atoms with Crippen LogP contribution in [-0.4, -0.2) is 32.7 Å². The predicted octanol–water partition coefficient (Wildman–Crippen LogP) is 2.07. The number of carbonyl (C=O) groups excluding carboxylic acids is 1. The van der Waals surface area contributed by atoms with E-state index in [2.05, 4.69) is 5.32 Å². The quantitative estimate of drug-likeness (QED) is 0.904. The number of carbonyl (C=O) groups is 1. The van der Waals surface area contributed by atoms with Crippen molar-refractivity contribution < 1.29 is 17.6 Å². The van der Waals surface area contributed by atoms with E-state index in [4.69, 9.17) is 0 Å². The molecular weight excluding hydrogens is 327 g/mol. The predicted molar refractivity (Wildman–Crippen MR) is 82.8 cm³/mol. The van der Waals surface area contributed by atoms with Crippen LogP contribution >= 0.6 is 11.3 Å². The van der Waals surface area contributed by atoms with Crippen molar-refractivity contribution in [1.29, 1.82) is 0 Å². The Morgan fingerprint density at radius 1 is 1.18 bits per heavy atom. The van der Waals surface area contributed by atoms with Gasteiger partial charge in [-0.1, -0.05) is 0 Å². The molecule has 0 saturated carbocycles. The average molecular weight is 342 g/mol. The van der Waals surface area contributed by atoms with Gasteiger partial charge in [-0.25, -0.2) is 17.1 Å². The summed E-state index contributed by atoms with van der Waals surface area (Å²) in [6.07, 6.45) is 0. The Balaban J connectivity index is 2.02. The summed E-state index contributed by atoms with van der Waals surface area (Å²) < 4.78 is 38.1. The van der Waals surface area contributed by atoms with Gasteiger partial charge in [0.15, 0.2) is 0 Å². The van der Waals surface area contributed by atoms with Gasteiger partial charge in [0.05, 0.1) is 6.54 Å². The molecule has 1 heterocycles. The van der Waals surface area contributed by atoms with Crippen molar-refractivity contribution in [2.24, 2.45) is 0 Å². The summed E-state index contributed by atoms with van der Waals surface area (Å²) in [5, 5.41) is 2.67. The minimum Gasteiger partial charge on any atom is -0.347 e. The van der Waals surface area contributed by atoms with Crippen molar-refractivity contribution >= 4 is 27.3 Å². The third kappa shape index (κ3) is 3.70. The molecule has 118 valence electrons. The average Bonchev–Trinajstić information content (AvgIpc) is 2.95. The van der Waals surface area contributed by atoms with Crippen LogP contribution in [-0.2, 0) is 16.6 Å². The van der Waals surface area contributed by atoms with E-state index in [9.17, 15) is 17.6 Å². The number of thiophene rings is 1. The summed E-state index contributed by atoms with van der Waals surface area (Å²) in [6.45, 7) is 0.212. The molecule has 0 aliphatic heterocycles. The van der Waals surface area contributed by atoms with Gasteiger partial charge in [0.2, 0.25) is 0 Å². The summed E-state index contributed by atoms with van der Waals surface area (Å²) in [5.74, 6) is -0.751.